The molecule has 0 aliphatic carbocycles. The summed E-state index contributed by atoms with van der Waals surface area (Å²) in [6, 6.07) is 3.66. The quantitative estimate of drug-likeness (QED) is 0.676. The zero-order valence-electron chi connectivity index (χ0n) is 9.38. The second-order valence-corrected chi connectivity index (χ2v) is 4.87. The molecule has 1 amide bonds. The fraction of sp³-hybridized carbons (Fsp3) is 0.273. The van der Waals surface area contributed by atoms with Gasteiger partial charge in [-0.15, -0.1) is 0 Å². The Morgan fingerprint density at radius 1 is 1.56 bits per heavy atom. The number of hydrogen-bond acceptors (Lipinski definition) is 3. The number of rotatable bonds is 4. The molecule has 1 atom stereocenters. The number of carbonyl (C=O) groups is 2. The van der Waals surface area contributed by atoms with E-state index in [2.05, 4.69) is 26.0 Å². The maximum atomic E-state index is 13.3. The van der Waals surface area contributed by atoms with Crippen LogP contribution in [0.25, 0.3) is 0 Å². The second kappa shape index (κ2) is 6.70. The van der Waals surface area contributed by atoms with E-state index in [1.54, 1.807) is 0 Å². The normalized spacial score (nSPS) is 11.8. The van der Waals surface area contributed by atoms with Crippen LogP contribution in [0.3, 0.4) is 0 Å². The number of esters is 1. The monoisotopic (exact) mass is 337 g/mol. The first-order valence-corrected chi connectivity index (χ1v) is 6.20. The molecule has 0 saturated carbocycles. The van der Waals surface area contributed by atoms with Crippen molar-refractivity contribution in [2.75, 3.05) is 13.7 Å². The first-order chi connectivity index (χ1) is 8.45. The van der Waals surface area contributed by atoms with Gasteiger partial charge in [0.1, 0.15) is 10.6 Å². The molecule has 0 saturated heterocycles. The highest BCUT2D eigenvalue weighted by Gasteiger charge is 2.18. The van der Waals surface area contributed by atoms with E-state index in [1.807, 2.05) is 0 Å². The summed E-state index contributed by atoms with van der Waals surface area (Å²) in [5, 5.41) is 2.65. The van der Waals surface area contributed by atoms with Gasteiger partial charge in [0, 0.05) is 11.6 Å². The summed E-state index contributed by atoms with van der Waals surface area (Å²) >= 11 is 8.69. The highest BCUT2D eigenvalue weighted by Crippen LogP contribution is 2.14. The summed E-state index contributed by atoms with van der Waals surface area (Å²) in [6.45, 7) is -0.0164. The molecule has 0 radical (unpaired) electrons. The lowest BCUT2D eigenvalue weighted by atomic mass is 10.2. The van der Waals surface area contributed by atoms with Gasteiger partial charge in [-0.3, -0.25) is 9.59 Å². The maximum absolute atomic E-state index is 13.3. The van der Waals surface area contributed by atoms with Crippen LogP contribution >= 0.6 is 27.5 Å². The molecule has 7 heteroatoms. The molecule has 0 spiro atoms. The molecule has 0 bridgehead atoms. The van der Waals surface area contributed by atoms with Crippen molar-refractivity contribution >= 4 is 39.4 Å². The Morgan fingerprint density at radius 2 is 2.22 bits per heavy atom. The summed E-state index contributed by atoms with van der Waals surface area (Å²) in [7, 11) is 1.23. The van der Waals surface area contributed by atoms with E-state index < -0.39 is 22.5 Å². The van der Waals surface area contributed by atoms with E-state index in [1.165, 1.54) is 19.2 Å². The number of amides is 1. The Kier molecular flexibility index (Phi) is 5.55. The lowest BCUT2D eigenvalue weighted by Gasteiger charge is -2.09. The van der Waals surface area contributed by atoms with Crippen LogP contribution in [0.5, 0.6) is 0 Å². The largest absolute Gasteiger partial charge is 0.468 e. The smallest absolute Gasteiger partial charge is 0.321 e. The number of carbonyl (C=O) groups excluding carboxylic acids is 2. The van der Waals surface area contributed by atoms with Crippen molar-refractivity contribution in [3.05, 3.63) is 34.6 Å². The van der Waals surface area contributed by atoms with Gasteiger partial charge in [0.25, 0.3) is 5.91 Å². The van der Waals surface area contributed by atoms with Crippen LogP contribution in [0.2, 0.25) is 5.02 Å². The van der Waals surface area contributed by atoms with Crippen molar-refractivity contribution in [3.63, 3.8) is 0 Å². The minimum Gasteiger partial charge on any atom is -0.468 e. The highest BCUT2D eigenvalue weighted by molar-refractivity contribution is 9.10. The average molecular weight is 339 g/mol. The van der Waals surface area contributed by atoms with Crippen LogP contribution in [0.15, 0.2) is 18.2 Å². The van der Waals surface area contributed by atoms with Gasteiger partial charge in [-0.05, 0) is 18.2 Å². The first kappa shape index (κ1) is 14.9. The van der Waals surface area contributed by atoms with Crippen molar-refractivity contribution in [2.45, 2.75) is 4.83 Å². The average Bonchev–Trinajstić information content (AvgIpc) is 2.37. The summed E-state index contributed by atoms with van der Waals surface area (Å²) in [4.78, 5) is 22.0. The van der Waals surface area contributed by atoms with Crippen molar-refractivity contribution in [2.24, 2.45) is 0 Å². The fourth-order valence-electron chi connectivity index (χ4n) is 1.16. The van der Waals surface area contributed by atoms with E-state index in [0.717, 1.165) is 6.07 Å². The molecule has 0 aliphatic rings. The number of methoxy groups -OCH3 is 1. The molecule has 1 aromatic rings. The molecular weight excluding hydrogens is 328 g/mol. The van der Waals surface area contributed by atoms with E-state index in [0.29, 0.717) is 0 Å². The van der Waals surface area contributed by atoms with Gasteiger partial charge >= 0.3 is 5.97 Å². The minimum absolute atomic E-state index is 0.0164. The highest BCUT2D eigenvalue weighted by atomic mass is 79.9. The lowest BCUT2D eigenvalue weighted by molar-refractivity contribution is -0.139. The van der Waals surface area contributed by atoms with Crippen molar-refractivity contribution in [3.8, 4) is 0 Å². The number of halogens is 3. The zero-order chi connectivity index (χ0) is 13.7. The number of alkyl halides is 1. The lowest BCUT2D eigenvalue weighted by Crippen LogP contribution is -2.34. The van der Waals surface area contributed by atoms with Gasteiger partial charge in [0.15, 0.2) is 0 Å². The third-order valence-corrected chi connectivity index (χ3v) is 3.00. The first-order valence-electron chi connectivity index (χ1n) is 4.91. The van der Waals surface area contributed by atoms with Crippen LogP contribution in [0.4, 0.5) is 4.39 Å². The molecule has 0 fully saturated rings. The summed E-state index contributed by atoms with van der Waals surface area (Å²) in [5.41, 5.74) is -0.174. The predicted octanol–water partition coefficient (Wildman–Crippen LogP) is 2.15. The molecule has 18 heavy (non-hydrogen) atoms. The molecule has 1 rings (SSSR count). The Labute approximate surface area is 117 Å². The van der Waals surface area contributed by atoms with E-state index in [-0.39, 0.29) is 17.1 Å². The predicted molar refractivity (Wildman–Crippen MR) is 68.5 cm³/mol. The molecule has 1 unspecified atom stereocenters. The molecule has 0 heterocycles. The van der Waals surface area contributed by atoms with Crippen LogP contribution < -0.4 is 5.32 Å². The second-order valence-electron chi connectivity index (χ2n) is 3.32. The maximum Gasteiger partial charge on any atom is 0.321 e. The van der Waals surface area contributed by atoms with E-state index in [9.17, 15) is 14.0 Å². The minimum atomic E-state index is -0.686. The zero-order valence-corrected chi connectivity index (χ0v) is 11.7. The number of hydrogen-bond donors (Lipinski definition) is 1. The van der Waals surface area contributed by atoms with Gasteiger partial charge in [-0.1, -0.05) is 27.5 Å². The van der Waals surface area contributed by atoms with Crippen molar-refractivity contribution < 1.29 is 18.7 Å². The molecule has 98 valence electrons. The van der Waals surface area contributed by atoms with Gasteiger partial charge in [0.2, 0.25) is 0 Å². The number of nitrogens with one attached hydrogen (secondary N) is 1. The third-order valence-electron chi connectivity index (χ3n) is 2.07. The van der Waals surface area contributed by atoms with E-state index in [4.69, 9.17) is 11.6 Å². The number of benzene rings is 1. The molecule has 1 N–H and O–H groups in total. The van der Waals surface area contributed by atoms with Crippen LogP contribution in [0.1, 0.15) is 10.4 Å². The molecule has 0 aromatic heterocycles. The van der Waals surface area contributed by atoms with Gasteiger partial charge in [0.05, 0.1) is 12.7 Å². The Balaban J connectivity index is 2.66. The Bertz CT molecular complexity index is 470. The molecule has 4 nitrogen and oxygen atoms in total. The molecule has 0 aliphatic heterocycles. The summed E-state index contributed by atoms with van der Waals surface area (Å²) < 4.78 is 17.8. The standard InChI is InChI=1S/C11H10BrClFNO3/c1-18-11(17)8(12)5-15-10(16)7-4-6(13)2-3-9(7)14/h2-4,8H,5H2,1H3,(H,15,16). The third kappa shape index (κ3) is 3.96. The Morgan fingerprint density at radius 3 is 2.83 bits per heavy atom. The summed E-state index contributed by atoms with van der Waals surface area (Å²) in [6.07, 6.45) is 0. The van der Waals surface area contributed by atoms with E-state index >= 15 is 0 Å². The van der Waals surface area contributed by atoms with Crippen LogP contribution in [0, 0.1) is 5.82 Å². The van der Waals surface area contributed by atoms with Gasteiger partial charge < -0.3 is 10.1 Å². The number of ether oxygens (including phenoxy) is 1. The topological polar surface area (TPSA) is 55.4 Å². The van der Waals surface area contributed by atoms with Crippen molar-refractivity contribution in [1.29, 1.82) is 0 Å². The van der Waals surface area contributed by atoms with Gasteiger partial charge in [-0.2, -0.15) is 0 Å². The molecule has 1 aromatic carbocycles. The van der Waals surface area contributed by atoms with Gasteiger partial charge in [-0.25, -0.2) is 4.39 Å². The van der Waals surface area contributed by atoms with Crippen LogP contribution in [-0.4, -0.2) is 30.4 Å². The summed E-state index contributed by atoms with van der Waals surface area (Å²) in [5.74, 6) is -1.86. The fourth-order valence-corrected chi connectivity index (χ4v) is 1.68. The Hall–Kier alpha value is -1.14. The van der Waals surface area contributed by atoms with Crippen LogP contribution in [-0.2, 0) is 9.53 Å². The SMILES string of the molecule is COC(=O)C(Br)CNC(=O)c1cc(Cl)ccc1F. The molecular formula is C11H10BrClFNO3. The van der Waals surface area contributed by atoms with Crippen molar-refractivity contribution in [1.82, 2.24) is 5.32 Å².